The Labute approximate surface area is 120 Å². The van der Waals surface area contributed by atoms with Gasteiger partial charge in [0.25, 0.3) is 0 Å². The van der Waals surface area contributed by atoms with Crippen molar-refractivity contribution in [1.29, 1.82) is 0 Å². The van der Waals surface area contributed by atoms with Crippen LogP contribution in [-0.2, 0) is 9.59 Å². The van der Waals surface area contributed by atoms with Crippen LogP contribution in [0, 0.1) is 28.6 Å². The van der Waals surface area contributed by atoms with Gasteiger partial charge in [-0.25, -0.2) is 0 Å². The molecule has 0 aromatic rings. The molecule has 4 saturated carbocycles. The second-order valence-corrected chi connectivity index (χ2v) is 8.38. The molecule has 0 unspecified atom stereocenters. The number of carbonyl (C=O) groups is 2. The molecular weight excluding hydrogens is 250 g/mol. The number of Topliss-reactive ketones (excluding diaryl/α,β-unsaturated/α-hetero) is 2. The third-order valence-electron chi connectivity index (χ3n) is 6.70. The van der Waals surface area contributed by atoms with Crippen molar-refractivity contribution >= 4 is 11.6 Å². The summed E-state index contributed by atoms with van der Waals surface area (Å²) in [6.45, 7) is 2.69. The molecule has 0 radical (unpaired) electrons. The number of hydrogen-bond acceptors (Lipinski definition) is 3. The molecule has 5 rings (SSSR count). The van der Waals surface area contributed by atoms with Crippen molar-refractivity contribution in [3.05, 3.63) is 0 Å². The summed E-state index contributed by atoms with van der Waals surface area (Å²) >= 11 is 0. The lowest BCUT2D eigenvalue weighted by Gasteiger charge is -2.58. The molecule has 0 amide bonds. The van der Waals surface area contributed by atoms with E-state index in [9.17, 15) is 9.59 Å². The Hall–Kier alpha value is -0.700. The molecule has 110 valence electrons. The summed E-state index contributed by atoms with van der Waals surface area (Å²) in [5.41, 5.74) is -0.386. The van der Waals surface area contributed by atoms with Crippen molar-refractivity contribution < 1.29 is 9.59 Å². The zero-order valence-corrected chi connectivity index (χ0v) is 12.4. The lowest BCUT2D eigenvalue weighted by Crippen LogP contribution is -2.56. The maximum absolute atomic E-state index is 12.4. The van der Waals surface area contributed by atoms with E-state index in [1.54, 1.807) is 0 Å². The molecule has 4 aliphatic carbocycles. The molecule has 5 aliphatic rings. The fourth-order valence-corrected chi connectivity index (χ4v) is 6.29. The SMILES string of the molecule is CC1(CC23CC4CC(CC(C4)C2)C3)C(=O)CNCC1=O. The Bertz CT molecular complexity index is 416. The summed E-state index contributed by atoms with van der Waals surface area (Å²) in [5, 5.41) is 2.95. The minimum Gasteiger partial charge on any atom is -0.303 e. The van der Waals surface area contributed by atoms with Gasteiger partial charge in [0.15, 0.2) is 11.6 Å². The first-order valence-corrected chi connectivity index (χ1v) is 8.26. The van der Waals surface area contributed by atoms with E-state index < -0.39 is 5.41 Å². The van der Waals surface area contributed by atoms with Gasteiger partial charge >= 0.3 is 0 Å². The summed E-state index contributed by atoms with van der Waals surface area (Å²) in [7, 11) is 0. The first-order chi connectivity index (χ1) is 9.49. The summed E-state index contributed by atoms with van der Waals surface area (Å²) in [5.74, 6) is 2.92. The van der Waals surface area contributed by atoms with Gasteiger partial charge in [-0.3, -0.25) is 9.59 Å². The fraction of sp³-hybridized carbons (Fsp3) is 0.882. The summed E-state index contributed by atoms with van der Waals surface area (Å²) in [6.07, 6.45) is 8.93. The van der Waals surface area contributed by atoms with Gasteiger partial charge in [-0.1, -0.05) is 0 Å². The van der Waals surface area contributed by atoms with Crippen molar-refractivity contribution in [2.45, 2.75) is 51.9 Å². The number of piperidine rings is 1. The van der Waals surface area contributed by atoms with Crippen molar-refractivity contribution in [2.75, 3.05) is 13.1 Å². The van der Waals surface area contributed by atoms with Gasteiger partial charge in [-0.05, 0) is 75.0 Å². The van der Waals surface area contributed by atoms with Crippen molar-refractivity contribution in [1.82, 2.24) is 5.32 Å². The van der Waals surface area contributed by atoms with Gasteiger partial charge in [-0.15, -0.1) is 0 Å². The summed E-state index contributed by atoms with van der Waals surface area (Å²) < 4.78 is 0. The van der Waals surface area contributed by atoms with E-state index in [2.05, 4.69) is 5.32 Å². The molecule has 1 heterocycles. The molecule has 0 aromatic carbocycles. The largest absolute Gasteiger partial charge is 0.303 e. The van der Waals surface area contributed by atoms with Crippen LogP contribution in [0.2, 0.25) is 0 Å². The molecule has 3 heteroatoms. The highest BCUT2D eigenvalue weighted by molar-refractivity contribution is 6.10. The molecule has 0 spiro atoms. The van der Waals surface area contributed by atoms with Gasteiger partial charge in [-0.2, -0.15) is 0 Å². The minimum absolute atomic E-state index is 0.129. The van der Waals surface area contributed by atoms with E-state index in [0.717, 1.165) is 24.2 Å². The molecular formula is C17H25NO2. The molecule has 1 saturated heterocycles. The molecule has 0 aromatic heterocycles. The molecule has 3 nitrogen and oxygen atoms in total. The Morgan fingerprint density at radius 1 is 0.950 bits per heavy atom. The standard InChI is InChI=1S/C17H25NO2/c1-16(14(19)8-18-9-15(16)20)10-17-5-11-2-12(6-17)4-13(3-11)7-17/h11-13,18H,2-10H2,1H3. The number of rotatable bonds is 2. The first-order valence-electron chi connectivity index (χ1n) is 8.26. The van der Waals surface area contributed by atoms with Crippen LogP contribution in [0.15, 0.2) is 0 Å². The normalized spacial score (nSPS) is 46.0. The summed E-state index contributed by atoms with van der Waals surface area (Å²) in [4.78, 5) is 24.7. The third-order valence-corrected chi connectivity index (χ3v) is 6.70. The number of hydrogen-bond donors (Lipinski definition) is 1. The molecule has 0 atom stereocenters. The molecule has 1 N–H and O–H groups in total. The number of carbonyl (C=O) groups excluding carboxylic acids is 2. The zero-order valence-electron chi connectivity index (χ0n) is 12.4. The monoisotopic (exact) mass is 275 g/mol. The van der Waals surface area contributed by atoms with Crippen LogP contribution >= 0.6 is 0 Å². The van der Waals surface area contributed by atoms with Crippen molar-refractivity contribution in [3.8, 4) is 0 Å². The Balaban J connectivity index is 1.61. The van der Waals surface area contributed by atoms with Gasteiger partial charge in [0.05, 0.1) is 18.5 Å². The van der Waals surface area contributed by atoms with Crippen LogP contribution in [0.1, 0.15) is 51.9 Å². The van der Waals surface area contributed by atoms with Crippen LogP contribution in [-0.4, -0.2) is 24.7 Å². The Kier molecular flexibility index (Phi) is 2.70. The highest BCUT2D eigenvalue weighted by Gasteiger charge is 2.55. The van der Waals surface area contributed by atoms with Crippen LogP contribution in [0.5, 0.6) is 0 Å². The first kappa shape index (κ1) is 13.0. The molecule has 4 bridgehead atoms. The van der Waals surface area contributed by atoms with E-state index in [1.807, 2.05) is 6.92 Å². The quantitative estimate of drug-likeness (QED) is 0.787. The van der Waals surface area contributed by atoms with Gasteiger partial charge in [0.1, 0.15) is 0 Å². The van der Waals surface area contributed by atoms with Crippen LogP contribution < -0.4 is 5.32 Å². The van der Waals surface area contributed by atoms with E-state index >= 15 is 0 Å². The average molecular weight is 275 g/mol. The summed E-state index contributed by atoms with van der Waals surface area (Å²) in [6, 6.07) is 0. The van der Waals surface area contributed by atoms with Crippen molar-refractivity contribution in [2.24, 2.45) is 28.6 Å². The van der Waals surface area contributed by atoms with E-state index in [1.165, 1.54) is 38.5 Å². The molecule has 20 heavy (non-hydrogen) atoms. The van der Waals surface area contributed by atoms with Gasteiger partial charge in [0, 0.05) is 0 Å². The van der Waals surface area contributed by atoms with Gasteiger partial charge < -0.3 is 5.32 Å². The van der Waals surface area contributed by atoms with E-state index in [-0.39, 0.29) is 11.6 Å². The smallest absolute Gasteiger partial charge is 0.159 e. The van der Waals surface area contributed by atoms with Crippen LogP contribution in [0.4, 0.5) is 0 Å². The maximum Gasteiger partial charge on any atom is 0.159 e. The highest BCUT2D eigenvalue weighted by Crippen LogP contribution is 2.63. The molecule has 1 aliphatic heterocycles. The average Bonchev–Trinajstić information content (AvgIpc) is 2.34. The van der Waals surface area contributed by atoms with Crippen LogP contribution in [0.25, 0.3) is 0 Å². The van der Waals surface area contributed by atoms with Crippen LogP contribution in [0.3, 0.4) is 0 Å². The lowest BCUT2D eigenvalue weighted by atomic mass is 9.46. The predicted octanol–water partition coefficient (Wildman–Crippen LogP) is 2.34. The minimum atomic E-state index is -0.697. The second-order valence-electron chi connectivity index (χ2n) is 8.38. The third kappa shape index (κ3) is 1.82. The Morgan fingerprint density at radius 3 is 1.85 bits per heavy atom. The van der Waals surface area contributed by atoms with E-state index in [4.69, 9.17) is 0 Å². The number of nitrogens with one attached hydrogen (secondary N) is 1. The zero-order chi connectivity index (χ0) is 14.0. The maximum atomic E-state index is 12.4. The predicted molar refractivity (Wildman–Crippen MR) is 76.2 cm³/mol. The number of ketones is 2. The second kappa shape index (κ2) is 4.16. The van der Waals surface area contributed by atoms with Crippen molar-refractivity contribution in [3.63, 3.8) is 0 Å². The lowest BCUT2D eigenvalue weighted by molar-refractivity contribution is -0.148. The Morgan fingerprint density at radius 2 is 1.40 bits per heavy atom. The fourth-order valence-electron chi connectivity index (χ4n) is 6.29. The molecule has 5 fully saturated rings. The topological polar surface area (TPSA) is 46.2 Å². The van der Waals surface area contributed by atoms with Gasteiger partial charge in [0.2, 0.25) is 0 Å². The van der Waals surface area contributed by atoms with E-state index in [0.29, 0.717) is 18.5 Å². The highest BCUT2D eigenvalue weighted by atomic mass is 16.2.